The van der Waals surface area contributed by atoms with Gasteiger partial charge >= 0.3 is 0 Å². The second kappa shape index (κ2) is 6.04. The summed E-state index contributed by atoms with van der Waals surface area (Å²) in [5.74, 6) is 0. The van der Waals surface area contributed by atoms with Crippen LogP contribution in [0.1, 0.15) is 18.5 Å². The summed E-state index contributed by atoms with van der Waals surface area (Å²) in [6.07, 6.45) is 3.55. The summed E-state index contributed by atoms with van der Waals surface area (Å²) in [4.78, 5) is 0. The number of sulfonamides is 1. The third kappa shape index (κ3) is 3.11. The van der Waals surface area contributed by atoms with E-state index >= 15 is 0 Å². The van der Waals surface area contributed by atoms with Gasteiger partial charge in [0, 0.05) is 18.4 Å². The van der Waals surface area contributed by atoms with Crippen LogP contribution in [0.25, 0.3) is 5.69 Å². The van der Waals surface area contributed by atoms with Gasteiger partial charge in [0.1, 0.15) is 4.21 Å². The summed E-state index contributed by atoms with van der Waals surface area (Å²) in [5.41, 5.74) is 1.78. The van der Waals surface area contributed by atoms with Crippen LogP contribution >= 0.6 is 11.3 Å². The van der Waals surface area contributed by atoms with E-state index in [4.69, 9.17) is 0 Å². The number of rotatable bonds is 5. The molecule has 0 unspecified atom stereocenters. The molecular weight excluding hydrogens is 318 g/mol. The normalized spacial score (nSPS) is 13.1. The molecule has 0 saturated heterocycles. The lowest BCUT2D eigenvalue weighted by molar-refractivity contribution is 0.569. The van der Waals surface area contributed by atoms with Crippen LogP contribution in [0.15, 0.2) is 64.4 Å². The van der Waals surface area contributed by atoms with E-state index in [2.05, 4.69) is 9.82 Å². The minimum Gasteiger partial charge on any atom is -0.241 e. The molecule has 1 aromatic carbocycles. The van der Waals surface area contributed by atoms with Gasteiger partial charge in [-0.05, 0) is 42.1 Å². The van der Waals surface area contributed by atoms with E-state index < -0.39 is 10.0 Å². The number of hydrogen-bond donors (Lipinski definition) is 1. The Morgan fingerprint density at radius 2 is 2.09 bits per heavy atom. The van der Waals surface area contributed by atoms with E-state index in [9.17, 15) is 8.42 Å². The maximum absolute atomic E-state index is 12.3. The molecule has 3 rings (SSSR count). The van der Waals surface area contributed by atoms with Gasteiger partial charge < -0.3 is 0 Å². The van der Waals surface area contributed by atoms with Crippen LogP contribution in [0.5, 0.6) is 0 Å². The first-order valence-corrected chi connectivity index (χ1v) is 9.08. The molecule has 0 bridgehead atoms. The van der Waals surface area contributed by atoms with Gasteiger partial charge in [-0.25, -0.2) is 17.8 Å². The minimum atomic E-state index is -3.48. The number of hydrogen-bond acceptors (Lipinski definition) is 4. The fourth-order valence-corrected chi connectivity index (χ4v) is 4.37. The first-order valence-electron chi connectivity index (χ1n) is 6.72. The van der Waals surface area contributed by atoms with Crippen molar-refractivity contribution in [3.05, 3.63) is 65.8 Å². The molecular formula is C15H15N3O2S2. The van der Waals surface area contributed by atoms with Gasteiger partial charge in [0.15, 0.2) is 0 Å². The Balaban J connectivity index is 1.84. The third-order valence-electron chi connectivity index (χ3n) is 3.23. The van der Waals surface area contributed by atoms with E-state index in [1.165, 1.54) is 11.3 Å². The van der Waals surface area contributed by atoms with E-state index in [-0.39, 0.29) is 6.04 Å². The molecule has 0 saturated carbocycles. The van der Waals surface area contributed by atoms with E-state index in [0.717, 1.165) is 11.3 Å². The highest BCUT2D eigenvalue weighted by molar-refractivity contribution is 7.91. The van der Waals surface area contributed by atoms with Crippen molar-refractivity contribution in [2.24, 2.45) is 0 Å². The highest BCUT2D eigenvalue weighted by Gasteiger charge is 2.19. The van der Waals surface area contributed by atoms with Crippen molar-refractivity contribution in [3.8, 4) is 5.69 Å². The summed E-state index contributed by atoms with van der Waals surface area (Å²) < 4.78 is 29.3. The average Bonchev–Trinajstić information content (AvgIpc) is 3.20. The minimum absolute atomic E-state index is 0.322. The van der Waals surface area contributed by atoms with Crippen molar-refractivity contribution in [3.63, 3.8) is 0 Å². The Morgan fingerprint density at radius 3 is 2.77 bits per heavy atom. The zero-order valence-corrected chi connectivity index (χ0v) is 13.5. The molecule has 0 aliphatic carbocycles. The molecule has 0 radical (unpaired) electrons. The molecule has 22 heavy (non-hydrogen) atoms. The zero-order chi connectivity index (χ0) is 15.6. The zero-order valence-electron chi connectivity index (χ0n) is 11.9. The summed E-state index contributed by atoms with van der Waals surface area (Å²) >= 11 is 1.20. The number of thiophene rings is 1. The lowest BCUT2D eigenvalue weighted by atomic mass is 10.1. The number of nitrogens with zero attached hydrogens (tertiary/aromatic N) is 2. The van der Waals surface area contributed by atoms with Crippen LogP contribution < -0.4 is 4.72 Å². The molecule has 0 aliphatic heterocycles. The Bertz CT molecular complexity index is 841. The van der Waals surface area contributed by atoms with Crippen molar-refractivity contribution < 1.29 is 8.42 Å². The van der Waals surface area contributed by atoms with Crippen LogP contribution in [0.3, 0.4) is 0 Å². The summed E-state index contributed by atoms with van der Waals surface area (Å²) in [6.45, 7) is 1.83. The van der Waals surface area contributed by atoms with Gasteiger partial charge in [0.2, 0.25) is 0 Å². The summed E-state index contributed by atoms with van der Waals surface area (Å²) in [6, 6.07) is 12.5. The lowest BCUT2D eigenvalue weighted by Gasteiger charge is -2.15. The second-order valence-electron chi connectivity index (χ2n) is 4.82. The molecule has 2 heterocycles. The first kappa shape index (κ1) is 15.0. The van der Waals surface area contributed by atoms with Gasteiger partial charge in [-0.3, -0.25) is 0 Å². The van der Waals surface area contributed by atoms with Crippen LogP contribution in [0.4, 0.5) is 0 Å². The Kier molecular flexibility index (Phi) is 4.10. The number of nitrogens with one attached hydrogen (secondary N) is 1. The maximum atomic E-state index is 12.3. The van der Waals surface area contributed by atoms with Gasteiger partial charge in [-0.1, -0.05) is 18.2 Å². The van der Waals surface area contributed by atoms with Gasteiger partial charge in [0.05, 0.1) is 5.69 Å². The van der Waals surface area contributed by atoms with Gasteiger partial charge in [0.25, 0.3) is 10.0 Å². The number of aromatic nitrogens is 2. The Labute approximate surface area is 133 Å². The molecule has 0 fully saturated rings. The molecule has 3 aromatic rings. The summed E-state index contributed by atoms with van der Waals surface area (Å²) in [5, 5.41) is 5.93. The van der Waals surface area contributed by atoms with Crippen LogP contribution in [0, 0.1) is 0 Å². The maximum Gasteiger partial charge on any atom is 0.250 e. The van der Waals surface area contributed by atoms with Crippen molar-refractivity contribution in [1.82, 2.24) is 14.5 Å². The molecule has 0 amide bonds. The van der Waals surface area contributed by atoms with Gasteiger partial charge in [-0.2, -0.15) is 5.10 Å². The van der Waals surface area contributed by atoms with E-state index in [1.54, 1.807) is 28.4 Å². The molecule has 0 aliphatic rings. The van der Waals surface area contributed by atoms with Crippen molar-refractivity contribution in [2.45, 2.75) is 17.2 Å². The van der Waals surface area contributed by atoms with Crippen LogP contribution in [-0.2, 0) is 10.0 Å². The fourth-order valence-electron chi connectivity index (χ4n) is 2.13. The fraction of sp³-hybridized carbons (Fsp3) is 0.133. The molecule has 114 valence electrons. The largest absolute Gasteiger partial charge is 0.250 e. The number of benzene rings is 1. The Hall–Kier alpha value is -1.96. The third-order valence-corrected chi connectivity index (χ3v) is 6.17. The smallest absolute Gasteiger partial charge is 0.241 e. The molecule has 1 N–H and O–H groups in total. The molecule has 1 atom stereocenters. The molecule has 7 heteroatoms. The predicted octanol–water partition coefficient (Wildman–Crippen LogP) is 2.97. The Morgan fingerprint density at radius 1 is 1.23 bits per heavy atom. The molecule has 0 spiro atoms. The van der Waals surface area contributed by atoms with Crippen molar-refractivity contribution >= 4 is 21.4 Å². The second-order valence-corrected chi connectivity index (χ2v) is 7.71. The van der Waals surface area contributed by atoms with Crippen molar-refractivity contribution in [1.29, 1.82) is 0 Å². The quantitative estimate of drug-likeness (QED) is 0.781. The highest BCUT2D eigenvalue weighted by Crippen LogP contribution is 2.21. The predicted molar refractivity (Wildman–Crippen MR) is 86.6 cm³/mol. The topological polar surface area (TPSA) is 64.0 Å². The molecule has 5 nitrogen and oxygen atoms in total. The van der Waals surface area contributed by atoms with Crippen molar-refractivity contribution in [2.75, 3.05) is 0 Å². The van der Waals surface area contributed by atoms with Crippen LogP contribution in [0.2, 0.25) is 0 Å². The lowest BCUT2D eigenvalue weighted by Crippen LogP contribution is -2.26. The highest BCUT2D eigenvalue weighted by atomic mass is 32.2. The van der Waals surface area contributed by atoms with Gasteiger partial charge in [-0.15, -0.1) is 11.3 Å². The van der Waals surface area contributed by atoms with E-state index in [0.29, 0.717) is 4.21 Å². The first-order chi connectivity index (χ1) is 10.6. The SMILES string of the molecule is C[C@@H](NS(=O)(=O)c1cccs1)c1cccc(-n2cccn2)c1. The standard InChI is InChI=1S/C15H15N3O2S2/c1-12(17-22(19,20)15-7-3-10-21-15)13-5-2-6-14(11-13)18-9-4-8-16-18/h2-12,17H,1H3/t12-/m1/s1. The van der Waals surface area contributed by atoms with E-state index in [1.807, 2.05) is 43.5 Å². The average molecular weight is 333 g/mol. The summed E-state index contributed by atoms with van der Waals surface area (Å²) in [7, 11) is -3.48. The monoisotopic (exact) mass is 333 g/mol. The molecule has 2 aromatic heterocycles. The van der Waals surface area contributed by atoms with Crippen LogP contribution in [-0.4, -0.2) is 18.2 Å².